The average molecular weight is 378 g/mol. The molecule has 0 spiro atoms. The van der Waals surface area contributed by atoms with Crippen LogP contribution in [-0.2, 0) is 16.5 Å². The zero-order valence-electron chi connectivity index (χ0n) is 10.8. The van der Waals surface area contributed by atoms with Gasteiger partial charge in [0.1, 0.15) is 5.25 Å². The van der Waals surface area contributed by atoms with Gasteiger partial charge in [-0.15, -0.1) is 0 Å². The van der Waals surface area contributed by atoms with Crippen molar-refractivity contribution in [1.29, 1.82) is 0 Å². The fraction of sp³-hybridized carbons (Fsp3) is 0.286. The molecule has 0 bridgehead atoms. The van der Waals surface area contributed by atoms with Crippen molar-refractivity contribution >= 4 is 37.6 Å². The molecule has 0 heterocycles. The molecule has 108 valence electrons. The molecule has 0 saturated carbocycles. The van der Waals surface area contributed by atoms with Gasteiger partial charge in [-0.2, -0.15) is 8.42 Å². The van der Waals surface area contributed by atoms with Crippen molar-refractivity contribution in [1.82, 2.24) is 0 Å². The van der Waals surface area contributed by atoms with Crippen LogP contribution in [0.2, 0.25) is 5.02 Å². The van der Waals surface area contributed by atoms with E-state index in [0.717, 1.165) is 5.56 Å². The van der Waals surface area contributed by atoms with Crippen LogP contribution in [-0.4, -0.2) is 18.2 Å². The largest absolute Gasteiger partial charge is 0.285 e. The van der Waals surface area contributed by atoms with E-state index in [2.05, 4.69) is 15.9 Å². The van der Waals surface area contributed by atoms with Gasteiger partial charge in [0.25, 0.3) is 10.1 Å². The first-order valence-corrected chi connectivity index (χ1v) is 8.66. The number of benzene rings is 1. The minimum atomic E-state index is -4.13. The average Bonchev–Trinajstić information content (AvgIpc) is 2.30. The Bertz CT molecular complexity index is 681. The molecule has 1 aromatic rings. The highest BCUT2D eigenvalue weighted by molar-refractivity contribution is 9.11. The summed E-state index contributed by atoms with van der Waals surface area (Å²) in [5.41, 5.74) is 0.633. The molecule has 3 nitrogen and oxygen atoms in total. The maximum atomic E-state index is 11.2. The molecule has 0 amide bonds. The molecular formula is C14H14BrClO3S. The van der Waals surface area contributed by atoms with Crippen LogP contribution < -0.4 is 0 Å². The molecule has 0 radical (unpaired) electrons. The molecule has 20 heavy (non-hydrogen) atoms. The highest BCUT2D eigenvalue weighted by Crippen LogP contribution is 2.37. The number of hydrogen-bond donors (Lipinski definition) is 1. The van der Waals surface area contributed by atoms with Gasteiger partial charge in [-0.05, 0) is 18.1 Å². The van der Waals surface area contributed by atoms with Gasteiger partial charge in [-0.1, -0.05) is 70.9 Å². The lowest BCUT2D eigenvalue weighted by Crippen LogP contribution is -2.26. The molecule has 2 unspecified atom stereocenters. The smallest absolute Gasteiger partial charge is 0.276 e. The van der Waals surface area contributed by atoms with Gasteiger partial charge in [0.2, 0.25) is 0 Å². The second-order valence-corrected chi connectivity index (χ2v) is 7.96. The Labute approximate surface area is 132 Å². The second kappa shape index (κ2) is 5.64. The fourth-order valence-electron chi connectivity index (χ4n) is 2.25. The minimum absolute atomic E-state index is 0.356. The summed E-state index contributed by atoms with van der Waals surface area (Å²) in [5, 5.41) is -0.342. The van der Waals surface area contributed by atoms with Crippen molar-refractivity contribution < 1.29 is 13.0 Å². The second-order valence-electron chi connectivity index (χ2n) is 5.10. The Morgan fingerprint density at radius 2 is 2.05 bits per heavy atom. The standard InChI is InChI=1S/C14H14BrClO3S/c1-14(8-10-4-2-3-5-12(10)16)7-6-13(11(15)9-14)20(17,18)19/h2-7,9,13H,8H2,1H3,(H,17,18,19). The lowest BCUT2D eigenvalue weighted by Gasteiger charge is -2.28. The van der Waals surface area contributed by atoms with Crippen molar-refractivity contribution in [2.75, 3.05) is 0 Å². The van der Waals surface area contributed by atoms with Gasteiger partial charge in [-0.3, -0.25) is 4.55 Å². The molecule has 0 fully saturated rings. The maximum Gasteiger partial charge on any atom is 0.276 e. The van der Waals surface area contributed by atoms with Crippen molar-refractivity contribution in [3.63, 3.8) is 0 Å². The summed E-state index contributed by atoms with van der Waals surface area (Å²) in [6, 6.07) is 7.55. The van der Waals surface area contributed by atoms with Crippen LogP contribution in [0.25, 0.3) is 0 Å². The Morgan fingerprint density at radius 1 is 1.40 bits per heavy atom. The third kappa shape index (κ3) is 3.52. The topological polar surface area (TPSA) is 54.4 Å². The van der Waals surface area contributed by atoms with E-state index in [4.69, 9.17) is 16.2 Å². The van der Waals surface area contributed by atoms with Gasteiger partial charge < -0.3 is 0 Å². The van der Waals surface area contributed by atoms with Crippen LogP contribution in [0.3, 0.4) is 0 Å². The number of halogens is 2. The quantitative estimate of drug-likeness (QED) is 0.640. The zero-order chi connectivity index (χ0) is 15.0. The third-order valence-corrected chi connectivity index (χ3v) is 5.69. The summed E-state index contributed by atoms with van der Waals surface area (Å²) in [7, 11) is -4.13. The SMILES string of the molecule is CC1(Cc2ccccc2Cl)C=CC(S(=O)(=O)O)C(Br)=C1. The Kier molecular flexibility index (Phi) is 4.44. The zero-order valence-corrected chi connectivity index (χ0v) is 13.9. The Balaban J connectivity index is 2.29. The van der Waals surface area contributed by atoms with Crippen molar-refractivity contribution in [3.05, 3.63) is 57.6 Å². The van der Waals surface area contributed by atoms with Crippen LogP contribution in [0.5, 0.6) is 0 Å². The number of hydrogen-bond acceptors (Lipinski definition) is 2. The van der Waals surface area contributed by atoms with Crippen molar-refractivity contribution in [2.24, 2.45) is 5.41 Å². The van der Waals surface area contributed by atoms with Crippen molar-refractivity contribution in [2.45, 2.75) is 18.6 Å². The molecule has 2 rings (SSSR count). The maximum absolute atomic E-state index is 11.2. The highest BCUT2D eigenvalue weighted by atomic mass is 79.9. The summed E-state index contributed by atoms with van der Waals surface area (Å²) in [5.74, 6) is 0. The molecule has 0 aliphatic heterocycles. The van der Waals surface area contributed by atoms with Gasteiger partial charge in [0.15, 0.2) is 0 Å². The van der Waals surface area contributed by atoms with Crippen LogP contribution in [0.1, 0.15) is 12.5 Å². The monoisotopic (exact) mass is 376 g/mol. The van der Waals surface area contributed by atoms with E-state index in [1.54, 1.807) is 12.2 Å². The molecule has 0 aromatic heterocycles. The number of rotatable bonds is 3. The molecule has 6 heteroatoms. The van der Waals surface area contributed by atoms with Crippen LogP contribution in [0, 0.1) is 5.41 Å². The minimum Gasteiger partial charge on any atom is -0.285 e. The Hall–Kier alpha value is -0.620. The van der Waals surface area contributed by atoms with Gasteiger partial charge in [-0.25, -0.2) is 0 Å². The first-order valence-electron chi connectivity index (χ1n) is 5.99. The summed E-state index contributed by atoms with van der Waals surface area (Å²) < 4.78 is 32.1. The summed E-state index contributed by atoms with van der Waals surface area (Å²) >= 11 is 9.39. The summed E-state index contributed by atoms with van der Waals surface area (Å²) in [6.07, 6.45) is 5.74. The van der Waals surface area contributed by atoms with E-state index >= 15 is 0 Å². The fourth-order valence-corrected chi connectivity index (χ4v) is 4.46. The summed E-state index contributed by atoms with van der Waals surface area (Å²) in [4.78, 5) is 0. The van der Waals surface area contributed by atoms with E-state index in [9.17, 15) is 8.42 Å². The van der Waals surface area contributed by atoms with Gasteiger partial charge in [0.05, 0.1) is 0 Å². The van der Waals surface area contributed by atoms with Gasteiger partial charge in [0, 0.05) is 14.9 Å². The lowest BCUT2D eigenvalue weighted by atomic mass is 9.80. The van der Waals surface area contributed by atoms with E-state index in [1.165, 1.54) is 6.08 Å². The molecule has 1 aromatic carbocycles. The van der Waals surface area contributed by atoms with Crippen LogP contribution >= 0.6 is 27.5 Å². The molecule has 1 aliphatic rings. The lowest BCUT2D eigenvalue weighted by molar-refractivity contribution is 0.477. The molecule has 2 atom stereocenters. The summed E-state index contributed by atoms with van der Waals surface area (Å²) in [6.45, 7) is 1.98. The molecule has 1 aliphatic carbocycles. The van der Waals surface area contributed by atoms with Gasteiger partial charge >= 0.3 is 0 Å². The molecular weight excluding hydrogens is 364 g/mol. The normalized spacial score (nSPS) is 26.4. The first kappa shape index (κ1) is 15.8. The number of allylic oxidation sites excluding steroid dienone is 2. The van der Waals surface area contributed by atoms with Crippen LogP contribution in [0.4, 0.5) is 0 Å². The first-order chi connectivity index (χ1) is 9.21. The van der Waals surface area contributed by atoms with Crippen molar-refractivity contribution in [3.8, 4) is 0 Å². The predicted octanol–water partition coefficient (Wildman–Crippen LogP) is 3.99. The van der Waals surface area contributed by atoms with E-state index in [0.29, 0.717) is 15.9 Å². The Morgan fingerprint density at radius 3 is 2.60 bits per heavy atom. The molecule has 0 saturated heterocycles. The molecule has 1 N–H and O–H groups in total. The van der Waals surface area contributed by atoms with E-state index in [1.807, 2.05) is 31.2 Å². The van der Waals surface area contributed by atoms with Crippen LogP contribution in [0.15, 0.2) is 47.0 Å². The van der Waals surface area contributed by atoms with E-state index in [-0.39, 0.29) is 5.41 Å². The highest BCUT2D eigenvalue weighted by Gasteiger charge is 2.32. The third-order valence-electron chi connectivity index (χ3n) is 3.24. The van der Waals surface area contributed by atoms with E-state index < -0.39 is 15.4 Å². The predicted molar refractivity (Wildman–Crippen MR) is 84.7 cm³/mol.